The Balaban J connectivity index is 1.67. The number of guanidine groups is 1. The van der Waals surface area contributed by atoms with Crippen molar-refractivity contribution in [1.82, 2.24) is 20.4 Å². The third-order valence-electron chi connectivity index (χ3n) is 4.17. The number of nitrogens with zero attached hydrogens (tertiary/aromatic N) is 3. The molecule has 0 unspecified atom stereocenters. The van der Waals surface area contributed by atoms with Crippen molar-refractivity contribution >= 4 is 23.5 Å². The lowest BCUT2D eigenvalue weighted by Gasteiger charge is -2.34. The Morgan fingerprint density at radius 3 is 2.54 bits per heavy atom. The Morgan fingerprint density at radius 2 is 1.92 bits per heavy atom. The van der Waals surface area contributed by atoms with Gasteiger partial charge in [0.1, 0.15) is 0 Å². The summed E-state index contributed by atoms with van der Waals surface area (Å²) in [6, 6.07) is 7.77. The van der Waals surface area contributed by atoms with Crippen molar-refractivity contribution in [2.45, 2.75) is 13.5 Å². The highest BCUT2D eigenvalue weighted by molar-refractivity contribution is 6.31. The summed E-state index contributed by atoms with van der Waals surface area (Å²) in [6.07, 6.45) is 0. The summed E-state index contributed by atoms with van der Waals surface area (Å²) < 4.78 is 0. The van der Waals surface area contributed by atoms with Gasteiger partial charge in [-0.1, -0.05) is 29.8 Å². The highest BCUT2D eigenvalue weighted by atomic mass is 35.5. The number of rotatable bonds is 5. The minimum atomic E-state index is 0.164. The summed E-state index contributed by atoms with van der Waals surface area (Å²) in [5.74, 6) is 0.925. The number of amides is 1. The average Bonchev–Trinajstić information content (AvgIpc) is 2.59. The van der Waals surface area contributed by atoms with Crippen LogP contribution in [0.5, 0.6) is 0 Å². The first-order valence-electron chi connectivity index (χ1n) is 8.26. The molecule has 0 atom stereocenters. The molecule has 0 aliphatic carbocycles. The minimum Gasteiger partial charge on any atom is -0.355 e. The smallest absolute Gasteiger partial charge is 0.219 e. The molecule has 1 aromatic carbocycles. The largest absolute Gasteiger partial charge is 0.355 e. The highest BCUT2D eigenvalue weighted by Crippen LogP contribution is 2.14. The Labute approximate surface area is 148 Å². The molecule has 1 saturated heterocycles. The first-order valence-corrected chi connectivity index (χ1v) is 8.63. The van der Waals surface area contributed by atoms with Crippen LogP contribution >= 0.6 is 11.6 Å². The molecular weight excluding hydrogens is 326 g/mol. The number of halogens is 1. The molecule has 2 N–H and O–H groups in total. The summed E-state index contributed by atoms with van der Waals surface area (Å²) in [7, 11) is 1.76. The number of benzene rings is 1. The van der Waals surface area contributed by atoms with Gasteiger partial charge in [-0.2, -0.15) is 0 Å². The van der Waals surface area contributed by atoms with Crippen LogP contribution in [0, 0.1) is 0 Å². The standard InChI is InChI=1S/C17H26ClN5O/c1-14(24)23-11-9-22(10-12-23)8-7-20-17(19-2)21-13-15-5-3-4-6-16(15)18/h3-6H,7-13H2,1-2H3,(H2,19,20,21). The predicted octanol–water partition coefficient (Wildman–Crippen LogP) is 1.17. The van der Waals surface area contributed by atoms with Crippen LogP contribution < -0.4 is 10.6 Å². The van der Waals surface area contributed by atoms with E-state index in [4.69, 9.17) is 11.6 Å². The van der Waals surface area contributed by atoms with Gasteiger partial charge in [0, 0.05) is 64.8 Å². The summed E-state index contributed by atoms with van der Waals surface area (Å²) in [5, 5.41) is 7.34. The maximum absolute atomic E-state index is 11.3. The van der Waals surface area contributed by atoms with Crippen molar-refractivity contribution in [3.05, 3.63) is 34.9 Å². The molecule has 6 nitrogen and oxygen atoms in total. The molecule has 1 aliphatic rings. The fourth-order valence-corrected chi connectivity index (χ4v) is 2.86. The van der Waals surface area contributed by atoms with E-state index in [1.54, 1.807) is 14.0 Å². The van der Waals surface area contributed by atoms with E-state index in [9.17, 15) is 4.79 Å². The molecule has 24 heavy (non-hydrogen) atoms. The summed E-state index contributed by atoms with van der Waals surface area (Å²) >= 11 is 6.16. The van der Waals surface area contributed by atoms with Crippen LogP contribution in [-0.4, -0.2) is 68.0 Å². The molecule has 0 radical (unpaired) electrons. The number of hydrogen-bond donors (Lipinski definition) is 2. The molecule has 2 rings (SSSR count). The fourth-order valence-electron chi connectivity index (χ4n) is 2.66. The molecule has 1 aliphatic heterocycles. The molecule has 1 fully saturated rings. The molecule has 1 heterocycles. The molecule has 7 heteroatoms. The van der Waals surface area contributed by atoms with Crippen LogP contribution in [0.2, 0.25) is 5.02 Å². The quantitative estimate of drug-likeness (QED) is 0.617. The van der Waals surface area contributed by atoms with Gasteiger partial charge in [0.05, 0.1) is 0 Å². The van der Waals surface area contributed by atoms with E-state index in [-0.39, 0.29) is 5.91 Å². The van der Waals surface area contributed by atoms with Crippen molar-refractivity contribution in [2.24, 2.45) is 4.99 Å². The number of aliphatic imine (C=N–C) groups is 1. The zero-order valence-electron chi connectivity index (χ0n) is 14.4. The van der Waals surface area contributed by atoms with Crippen LogP contribution in [0.3, 0.4) is 0 Å². The van der Waals surface area contributed by atoms with E-state index in [2.05, 4.69) is 20.5 Å². The van der Waals surface area contributed by atoms with Gasteiger partial charge in [-0.05, 0) is 11.6 Å². The van der Waals surface area contributed by atoms with E-state index in [0.29, 0.717) is 6.54 Å². The Bertz CT molecular complexity index is 570. The molecular formula is C17H26ClN5O. The second-order valence-corrected chi connectivity index (χ2v) is 6.20. The third kappa shape index (κ3) is 5.69. The highest BCUT2D eigenvalue weighted by Gasteiger charge is 2.17. The zero-order chi connectivity index (χ0) is 17.4. The second-order valence-electron chi connectivity index (χ2n) is 5.79. The van der Waals surface area contributed by atoms with E-state index in [0.717, 1.165) is 55.8 Å². The summed E-state index contributed by atoms with van der Waals surface area (Å²) in [5.41, 5.74) is 1.04. The molecule has 132 valence electrons. The van der Waals surface area contributed by atoms with Crippen LogP contribution in [0.15, 0.2) is 29.3 Å². The summed E-state index contributed by atoms with van der Waals surface area (Å²) in [6.45, 7) is 7.48. The number of nitrogens with one attached hydrogen (secondary N) is 2. The zero-order valence-corrected chi connectivity index (χ0v) is 15.1. The monoisotopic (exact) mass is 351 g/mol. The van der Waals surface area contributed by atoms with Gasteiger partial charge in [-0.25, -0.2) is 0 Å². The number of hydrogen-bond acceptors (Lipinski definition) is 3. The van der Waals surface area contributed by atoms with Crippen LogP contribution in [0.4, 0.5) is 0 Å². The lowest BCUT2D eigenvalue weighted by atomic mass is 10.2. The summed E-state index contributed by atoms with van der Waals surface area (Å²) in [4.78, 5) is 19.8. The van der Waals surface area contributed by atoms with Crippen molar-refractivity contribution in [3.63, 3.8) is 0 Å². The molecule has 1 aromatic rings. The lowest BCUT2D eigenvalue weighted by Crippen LogP contribution is -2.50. The lowest BCUT2D eigenvalue weighted by molar-refractivity contribution is -0.130. The van der Waals surface area contributed by atoms with Gasteiger partial charge in [0.25, 0.3) is 0 Å². The Morgan fingerprint density at radius 1 is 1.21 bits per heavy atom. The van der Waals surface area contributed by atoms with E-state index < -0.39 is 0 Å². The maximum Gasteiger partial charge on any atom is 0.219 e. The van der Waals surface area contributed by atoms with Crippen LogP contribution in [0.1, 0.15) is 12.5 Å². The topological polar surface area (TPSA) is 60.0 Å². The Hall–Kier alpha value is -1.79. The first-order chi connectivity index (χ1) is 11.6. The maximum atomic E-state index is 11.3. The third-order valence-corrected chi connectivity index (χ3v) is 4.53. The molecule has 0 bridgehead atoms. The molecule has 1 amide bonds. The Kier molecular flexibility index (Phi) is 7.34. The van der Waals surface area contributed by atoms with E-state index >= 15 is 0 Å². The number of carbonyl (C=O) groups is 1. The van der Waals surface area contributed by atoms with Gasteiger partial charge in [0.15, 0.2) is 5.96 Å². The fraction of sp³-hybridized carbons (Fsp3) is 0.529. The minimum absolute atomic E-state index is 0.164. The second kappa shape index (κ2) is 9.49. The van der Waals surface area contributed by atoms with Gasteiger partial charge >= 0.3 is 0 Å². The van der Waals surface area contributed by atoms with Crippen molar-refractivity contribution in [1.29, 1.82) is 0 Å². The SMILES string of the molecule is CN=C(NCCN1CCN(C(C)=O)CC1)NCc1ccccc1Cl. The van der Waals surface area contributed by atoms with Gasteiger partial charge in [0.2, 0.25) is 5.91 Å². The number of piperazine rings is 1. The van der Waals surface area contributed by atoms with Crippen molar-refractivity contribution in [2.75, 3.05) is 46.3 Å². The van der Waals surface area contributed by atoms with Crippen molar-refractivity contribution in [3.8, 4) is 0 Å². The normalized spacial score (nSPS) is 16.1. The first kappa shape index (κ1) is 18.5. The molecule has 0 aromatic heterocycles. The van der Waals surface area contributed by atoms with Crippen molar-refractivity contribution < 1.29 is 4.79 Å². The average molecular weight is 352 g/mol. The van der Waals surface area contributed by atoms with Crippen LogP contribution in [-0.2, 0) is 11.3 Å². The molecule has 0 spiro atoms. The van der Waals surface area contributed by atoms with Crippen LogP contribution in [0.25, 0.3) is 0 Å². The molecule has 0 saturated carbocycles. The number of carbonyl (C=O) groups excluding carboxylic acids is 1. The van der Waals surface area contributed by atoms with E-state index in [1.807, 2.05) is 29.2 Å². The van der Waals surface area contributed by atoms with Gasteiger partial charge in [-0.3, -0.25) is 14.7 Å². The predicted molar refractivity (Wildman–Crippen MR) is 98.3 cm³/mol. The van der Waals surface area contributed by atoms with Gasteiger partial charge < -0.3 is 15.5 Å². The van der Waals surface area contributed by atoms with E-state index in [1.165, 1.54) is 0 Å². The van der Waals surface area contributed by atoms with Gasteiger partial charge in [-0.15, -0.1) is 0 Å².